The predicted octanol–water partition coefficient (Wildman–Crippen LogP) is 3.92. The van der Waals surface area contributed by atoms with Crippen molar-refractivity contribution in [2.24, 2.45) is 0 Å². The number of nitrogens with zero attached hydrogens (tertiary/aromatic N) is 1. The third-order valence-corrected chi connectivity index (χ3v) is 2.57. The molecule has 0 saturated carbocycles. The Bertz CT molecular complexity index is 588. The van der Waals surface area contributed by atoms with Gasteiger partial charge in [-0.1, -0.05) is 30.3 Å². The van der Waals surface area contributed by atoms with Crippen LogP contribution in [0.4, 0.5) is 13.2 Å². The van der Waals surface area contributed by atoms with Gasteiger partial charge in [-0.25, -0.2) is 0 Å². The van der Waals surface area contributed by atoms with Crippen molar-refractivity contribution in [2.75, 3.05) is 0 Å². The molecule has 1 nitrogen and oxygen atoms in total. The summed E-state index contributed by atoms with van der Waals surface area (Å²) in [5.74, 6) is 0. The van der Waals surface area contributed by atoms with Crippen molar-refractivity contribution in [3.8, 4) is 6.07 Å². The fraction of sp³-hybridized carbons (Fsp3) is 0.154. The molecule has 0 aliphatic carbocycles. The molecule has 0 aromatic heterocycles. The molecule has 0 spiro atoms. The molecule has 2 aromatic rings. The van der Waals surface area contributed by atoms with E-state index in [2.05, 4.69) is 0 Å². The average molecular weight is 235 g/mol. The quantitative estimate of drug-likeness (QED) is 0.734. The Hall–Kier alpha value is -2.02. The van der Waals surface area contributed by atoms with E-state index in [9.17, 15) is 13.2 Å². The number of fused-ring (bicyclic) bond motifs is 1. The molecule has 0 amide bonds. The van der Waals surface area contributed by atoms with Gasteiger partial charge in [0.05, 0.1) is 18.1 Å². The lowest BCUT2D eigenvalue weighted by molar-refractivity contribution is -0.136. The van der Waals surface area contributed by atoms with Crippen molar-refractivity contribution >= 4 is 10.8 Å². The Labute approximate surface area is 96.1 Å². The SMILES string of the molecule is N#CCc1cccc2cccc(C(F)(F)F)c12. The lowest BCUT2D eigenvalue weighted by Crippen LogP contribution is -2.06. The van der Waals surface area contributed by atoms with Crippen LogP contribution < -0.4 is 0 Å². The molecule has 0 N–H and O–H groups in total. The standard InChI is InChI=1S/C13H8F3N/c14-13(15,16)11-6-2-5-9-3-1-4-10(7-8-17)12(9)11/h1-6H,7H2. The van der Waals surface area contributed by atoms with Gasteiger partial charge >= 0.3 is 6.18 Å². The number of hydrogen-bond donors (Lipinski definition) is 0. The van der Waals surface area contributed by atoms with Crippen LogP contribution in [-0.2, 0) is 12.6 Å². The minimum absolute atomic E-state index is 0.0234. The topological polar surface area (TPSA) is 23.8 Å². The van der Waals surface area contributed by atoms with E-state index in [4.69, 9.17) is 5.26 Å². The first-order chi connectivity index (χ1) is 8.04. The molecule has 0 atom stereocenters. The van der Waals surface area contributed by atoms with Crippen LogP contribution in [0.25, 0.3) is 10.8 Å². The van der Waals surface area contributed by atoms with Crippen LogP contribution in [0.2, 0.25) is 0 Å². The molecule has 2 rings (SSSR count). The van der Waals surface area contributed by atoms with Crippen LogP contribution in [0.5, 0.6) is 0 Å². The van der Waals surface area contributed by atoms with Crippen molar-refractivity contribution in [1.82, 2.24) is 0 Å². The largest absolute Gasteiger partial charge is 0.417 e. The van der Waals surface area contributed by atoms with E-state index < -0.39 is 11.7 Å². The van der Waals surface area contributed by atoms with Gasteiger partial charge in [0.2, 0.25) is 0 Å². The highest BCUT2D eigenvalue weighted by atomic mass is 19.4. The maximum Gasteiger partial charge on any atom is 0.417 e. The number of hydrogen-bond acceptors (Lipinski definition) is 1. The molecular weight excluding hydrogens is 227 g/mol. The molecular formula is C13H8F3N. The molecule has 0 aliphatic heterocycles. The fourth-order valence-electron chi connectivity index (χ4n) is 1.89. The van der Waals surface area contributed by atoms with Gasteiger partial charge in [0, 0.05) is 0 Å². The second-order valence-electron chi connectivity index (χ2n) is 3.65. The number of halogens is 3. The molecule has 0 unspecified atom stereocenters. The maximum atomic E-state index is 12.9. The first-order valence-electron chi connectivity index (χ1n) is 4.99. The number of benzene rings is 2. The molecule has 17 heavy (non-hydrogen) atoms. The van der Waals surface area contributed by atoms with Crippen molar-refractivity contribution in [3.05, 3.63) is 47.5 Å². The maximum absolute atomic E-state index is 12.9. The van der Waals surface area contributed by atoms with E-state index >= 15 is 0 Å². The van der Waals surface area contributed by atoms with E-state index in [0.717, 1.165) is 6.07 Å². The Kier molecular flexibility index (Phi) is 2.76. The minimum atomic E-state index is -4.40. The van der Waals surface area contributed by atoms with Gasteiger partial charge < -0.3 is 0 Å². The summed E-state index contributed by atoms with van der Waals surface area (Å²) in [7, 11) is 0. The van der Waals surface area contributed by atoms with Gasteiger partial charge in [0.15, 0.2) is 0 Å². The molecule has 0 saturated heterocycles. The zero-order valence-electron chi connectivity index (χ0n) is 8.75. The van der Waals surface area contributed by atoms with Gasteiger partial charge in [-0.05, 0) is 22.4 Å². The Morgan fingerprint density at radius 1 is 1.06 bits per heavy atom. The van der Waals surface area contributed by atoms with Crippen molar-refractivity contribution in [2.45, 2.75) is 12.6 Å². The molecule has 2 aromatic carbocycles. The highest BCUT2D eigenvalue weighted by Gasteiger charge is 2.32. The fourth-order valence-corrected chi connectivity index (χ4v) is 1.89. The number of nitriles is 1. The van der Waals surface area contributed by atoms with Gasteiger partial charge in [0.25, 0.3) is 0 Å². The predicted molar refractivity (Wildman–Crippen MR) is 58.3 cm³/mol. The molecule has 0 bridgehead atoms. The van der Waals surface area contributed by atoms with Crippen LogP contribution >= 0.6 is 0 Å². The summed E-state index contributed by atoms with van der Waals surface area (Å²) in [6.45, 7) is 0. The van der Waals surface area contributed by atoms with Gasteiger partial charge in [-0.15, -0.1) is 0 Å². The van der Waals surface area contributed by atoms with Crippen LogP contribution in [0.15, 0.2) is 36.4 Å². The zero-order valence-corrected chi connectivity index (χ0v) is 8.75. The van der Waals surface area contributed by atoms with Crippen molar-refractivity contribution < 1.29 is 13.2 Å². The van der Waals surface area contributed by atoms with Gasteiger partial charge in [-0.3, -0.25) is 0 Å². The van der Waals surface area contributed by atoms with E-state index in [0.29, 0.717) is 10.9 Å². The van der Waals surface area contributed by atoms with E-state index in [1.807, 2.05) is 6.07 Å². The Balaban J connectivity index is 2.81. The van der Waals surface area contributed by atoms with E-state index in [-0.39, 0.29) is 11.8 Å². The van der Waals surface area contributed by atoms with E-state index in [1.165, 1.54) is 6.07 Å². The van der Waals surface area contributed by atoms with Gasteiger partial charge in [-0.2, -0.15) is 18.4 Å². The van der Waals surface area contributed by atoms with Crippen LogP contribution in [0.1, 0.15) is 11.1 Å². The van der Waals surface area contributed by atoms with E-state index in [1.54, 1.807) is 24.3 Å². The first-order valence-corrected chi connectivity index (χ1v) is 4.99. The zero-order chi connectivity index (χ0) is 12.5. The van der Waals surface area contributed by atoms with Crippen molar-refractivity contribution in [3.63, 3.8) is 0 Å². The summed E-state index contributed by atoms with van der Waals surface area (Å²) < 4.78 is 38.6. The highest BCUT2D eigenvalue weighted by Crippen LogP contribution is 2.36. The Morgan fingerprint density at radius 2 is 1.71 bits per heavy atom. The Morgan fingerprint density at radius 3 is 2.29 bits per heavy atom. The molecule has 0 radical (unpaired) electrons. The molecule has 0 fully saturated rings. The third kappa shape index (κ3) is 2.09. The van der Waals surface area contributed by atoms with Crippen LogP contribution in [-0.4, -0.2) is 0 Å². The number of rotatable bonds is 1. The minimum Gasteiger partial charge on any atom is -0.198 e. The smallest absolute Gasteiger partial charge is 0.198 e. The van der Waals surface area contributed by atoms with Crippen LogP contribution in [0.3, 0.4) is 0 Å². The summed E-state index contributed by atoms with van der Waals surface area (Å²) >= 11 is 0. The average Bonchev–Trinajstić information content (AvgIpc) is 2.28. The summed E-state index contributed by atoms with van der Waals surface area (Å²) in [4.78, 5) is 0. The second-order valence-corrected chi connectivity index (χ2v) is 3.65. The van der Waals surface area contributed by atoms with Crippen LogP contribution in [0, 0.1) is 11.3 Å². The molecule has 0 heterocycles. The highest BCUT2D eigenvalue weighted by molar-refractivity contribution is 5.89. The first kappa shape index (κ1) is 11.5. The molecule has 0 aliphatic rings. The summed E-state index contributed by atoms with van der Waals surface area (Å²) in [5.41, 5.74) is -0.265. The summed E-state index contributed by atoms with van der Waals surface area (Å²) in [6, 6.07) is 10.8. The number of alkyl halides is 3. The normalized spacial score (nSPS) is 11.4. The van der Waals surface area contributed by atoms with Crippen molar-refractivity contribution in [1.29, 1.82) is 5.26 Å². The second kappa shape index (κ2) is 4.10. The summed E-state index contributed by atoms with van der Waals surface area (Å²) in [6.07, 6.45) is -4.42. The molecule has 4 heteroatoms. The summed E-state index contributed by atoms with van der Waals surface area (Å²) in [5, 5.41) is 9.28. The molecule has 86 valence electrons. The third-order valence-electron chi connectivity index (χ3n) is 2.57. The lowest BCUT2D eigenvalue weighted by Gasteiger charge is -2.12. The van der Waals surface area contributed by atoms with Gasteiger partial charge in [0.1, 0.15) is 0 Å². The monoisotopic (exact) mass is 235 g/mol. The lowest BCUT2D eigenvalue weighted by atomic mass is 9.97.